The second-order valence-corrected chi connectivity index (χ2v) is 5.76. The lowest BCUT2D eigenvalue weighted by molar-refractivity contribution is -0.132. The lowest BCUT2D eigenvalue weighted by atomic mass is 9.89. The molecule has 4 nitrogen and oxygen atoms in total. The van der Waals surface area contributed by atoms with Crippen LogP contribution in [0.1, 0.15) is 42.9 Å². The highest BCUT2D eigenvalue weighted by atomic mass is 16.5. The molecule has 1 aromatic rings. The van der Waals surface area contributed by atoms with Crippen molar-refractivity contribution >= 4 is 5.91 Å². The van der Waals surface area contributed by atoms with Crippen LogP contribution >= 0.6 is 0 Å². The van der Waals surface area contributed by atoms with E-state index in [1.54, 1.807) is 4.90 Å². The van der Waals surface area contributed by atoms with Crippen molar-refractivity contribution in [3.63, 3.8) is 0 Å². The van der Waals surface area contributed by atoms with Crippen LogP contribution in [-0.4, -0.2) is 35.6 Å². The van der Waals surface area contributed by atoms with Gasteiger partial charge in [-0.15, -0.1) is 0 Å². The van der Waals surface area contributed by atoms with E-state index in [-0.39, 0.29) is 12.5 Å². The molecular formula is C16H21NO3. The number of benzene rings is 1. The molecule has 1 amide bonds. The number of carbonyl (C=O) groups is 1. The Morgan fingerprint density at radius 3 is 2.95 bits per heavy atom. The molecule has 0 aliphatic heterocycles. The zero-order valence-electron chi connectivity index (χ0n) is 11.8. The van der Waals surface area contributed by atoms with E-state index in [0.29, 0.717) is 6.04 Å². The number of ether oxygens (including phenoxy) is 1. The first-order valence-electron chi connectivity index (χ1n) is 7.35. The largest absolute Gasteiger partial charge is 0.483 e. The summed E-state index contributed by atoms with van der Waals surface area (Å²) >= 11 is 0. The highest BCUT2D eigenvalue weighted by Gasteiger charge is 2.30. The van der Waals surface area contributed by atoms with Crippen LogP contribution in [0.4, 0.5) is 0 Å². The molecule has 0 heterocycles. The van der Waals surface area contributed by atoms with Crippen LogP contribution in [0.2, 0.25) is 0 Å². The van der Waals surface area contributed by atoms with Crippen LogP contribution in [0.3, 0.4) is 0 Å². The predicted molar refractivity (Wildman–Crippen MR) is 75.6 cm³/mol. The van der Waals surface area contributed by atoms with Crippen LogP contribution in [0.15, 0.2) is 18.2 Å². The number of fused-ring (bicyclic) bond motifs is 1. The van der Waals surface area contributed by atoms with E-state index in [4.69, 9.17) is 4.74 Å². The standard InChI is InChI=1S/C16H21NO3/c1-17(11-8-9-11)16(19)10-20-15-7-3-4-12-13(15)5-2-6-14(12)18/h3-4,7,11,14,18H,2,5-6,8-10H2,1H3. The first-order valence-corrected chi connectivity index (χ1v) is 7.35. The predicted octanol–water partition coefficient (Wildman–Crippen LogP) is 2.06. The summed E-state index contributed by atoms with van der Waals surface area (Å²) < 4.78 is 5.71. The minimum Gasteiger partial charge on any atom is -0.483 e. The van der Waals surface area contributed by atoms with E-state index in [2.05, 4.69) is 0 Å². The third-order valence-corrected chi connectivity index (χ3v) is 4.27. The number of hydrogen-bond acceptors (Lipinski definition) is 3. The minimum absolute atomic E-state index is 0.0291. The quantitative estimate of drug-likeness (QED) is 0.915. The summed E-state index contributed by atoms with van der Waals surface area (Å²) in [5.74, 6) is 0.778. The Balaban J connectivity index is 1.68. The molecule has 0 bridgehead atoms. The molecule has 1 atom stereocenters. The zero-order chi connectivity index (χ0) is 14.1. The number of aliphatic hydroxyl groups excluding tert-OH is 1. The summed E-state index contributed by atoms with van der Waals surface area (Å²) in [5.41, 5.74) is 2.02. The van der Waals surface area contributed by atoms with E-state index in [1.165, 1.54) is 0 Å². The van der Waals surface area contributed by atoms with Gasteiger partial charge in [-0.1, -0.05) is 12.1 Å². The number of aliphatic hydroxyl groups is 1. The molecule has 1 N–H and O–H groups in total. The highest BCUT2D eigenvalue weighted by Crippen LogP contribution is 2.35. The number of carbonyl (C=O) groups excluding carboxylic acids is 1. The summed E-state index contributed by atoms with van der Waals surface area (Å²) in [4.78, 5) is 13.8. The molecule has 20 heavy (non-hydrogen) atoms. The average molecular weight is 275 g/mol. The maximum absolute atomic E-state index is 12.0. The van der Waals surface area contributed by atoms with Gasteiger partial charge >= 0.3 is 0 Å². The number of rotatable bonds is 4. The fourth-order valence-corrected chi connectivity index (χ4v) is 2.83. The lowest BCUT2D eigenvalue weighted by Crippen LogP contribution is -2.33. The molecule has 1 fully saturated rings. The van der Waals surface area contributed by atoms with E-state index in [0.717, 1.165) is 49.0 Å². The van der Waals surface area contributed by atoms with Gasteiger partial charge in [-0.05, 0) is 49.3 Å². The maximum Gasteiger partial charge on any atom is 0.260 e. The Hall–Kier alpha value is -1.55. The number of nitrogens with zero attached hydrogens (tertiary/aromatic N) is 1. The van der Waals surface area contributed by atoms with Gasteiger partial charge in [0.2, 0.25) is 0 Å². The second-order valence-electron chi connectivity index (χ2n) is 5.76. The fourth-order valence-electron chi connectivity index (χ4n) is 2.83. The summed E-state index contributed by atoms with van der Waals surface area (Å²) in [7, 11) is 1.84. The molecule has 0 spiro atoms. The van der Waals surface area contributed by atoms with Crippen molar-refractivity contribution in [1.82, 2.24) is 4.90 Å². The molecule has 0 radical (unpaired) electrons. The van der Waals surface area contributed by atoms with Crippen molar-refractivity contribution in [3.05, 3.63) is 29.3 Å². The third-order valence-electron chi connectivity index (χ3n) is 4.27. The summed E-state index contributed by atoms with van der Waals surface area (Å²) in [6.07, 6.45) is 4.50. The molecule has 2 aliphatic carbocycles. The van der Waals surface area contributed by atoms with Gasteiger partial charge in [0.25, 0.3) is 5.91 Å². The third kappa shape index (κ3) is 2.66. The molecule has 0 saturated heterocycles. The first-order chi connectivity index (χ1) is 9.66. The molecule has 2 aliphatic rings. The van der Waals surface area contributed by atoms with Crippen molar-refractivity contribution in [2.45, 2.75) is 44.2 Å². The molecule has 3 rings (SSSR count). The Morgan fingerprint density at radius 1 is 1.40 bits per heavy atom. The summed E-state index contributed by atoms with van der Waals surface area (Å²) in [6.45, 7) is 0.0829. The molecule has 1 unspecified atom stereocenters. The summed E-state index contributed by atoms with van der Waals surface area (Å²) in [6, 6.07) is 6.14. The average Bonchev–Trinajstić information content (AvgIpc) is 3.29. The van der Waals surface area contributed by atoms with E-state index in [1.807, 2.05) is 25.2 Å². The van der Waals surface area contributed by atoms with Crippen LogP contribution in [0.25, 0.3) is 0 Å². The zero-order valence-corrected chi connectivity index (χ0v) is 11.8. The van der Waals surface area contributed by atoms with Gasteiger partial charge in [0.1, 0.15) is 5.75 Å². The van der Waals surface area contributed by atoms with E-state index in [9.17, 15) is 9.90 Å². The van der Waals surface area contributed by atoms with Crippen molar-refractivity contribution in [1.29, 1.82) is 0 Å². The smallest absolute Gasteiger partial charge is 0.260 e. The summed E-state index contributed by atoms with van der Waals surface area (Å²) in [5, 5.41) is 10.0. The number of amides is 1. The first kappa shape index (κ1) is 13.4. The molecule has 4 heteroatoms. The normalized spacial score (nSPS) is 21.2. The molecule has 1 saturated carbocycles. The monoisotopic (exact) mass is 275 g/mol. The second kappa shape index (κ2) is 5.44. The van der Waals surface area contributed by atoms with Gasteiger partial charge in [-0.2, -0.15) is 0 Å². The van der Waals surface area contributed by atoms with Gasteiger partial charge in [-0.25, -0.2) is 0 Å². The van der Waals surface area contributed by atoms with E-state index < -0.39 is 6.10 Å². The van der Waals surface area contributed by atoms with Gasteiger partial charge in [0, 0.05) is 13.1 Å². The fraction of sp³-hybridized carbons (Fsp3) is 0.562. The van der Waals surface area contributed by atoms with Crippen molar-refractivity contribution in [2.75, 3.05) is 13.7 Å². The highest BCUT2D eigenvalue weighted by molar-refractivity contribution is 5.78. The molecule has 0 aromatic heterocycles. The van der Waals surface area contributed by atoms with Gasteiger partial charge in [0.15, 0.2) is 6.61 Å². The Labute approximate surface area is 119 Å². The van der Waals surface area contributed by atoms with Crippen LogP contribution in [0, 0.1) is 0 Å². The van der Waals surface area contributed by atoms with Crippen LogP contribution < -0.4 is 4.74 Å². The SMILES string of the molecule is CN(C(=O)COc1cccc2c1CCCC2O)C1CC1. The molecule has 1 aromatic carbocycles. The van der Waals surface area contributed by atoms with Crippen molar-refractivity contribution < 1.29 is 14.6 Å². The minimum atomic E-state index is -0.396. The van der Waals surface area contributed by atoms with E-state index >= 15 is 0 Å². The van der Waals surface area contributed by atoms with Gasteiger partial charge < -0.3 is 14.7 Å². The van der Waals surface area contributed by atoms with Crippen molar-refractivity contribution in [3.8, 4) is 5.75 Å². The van der Waals surface area contributed by atoms with Crippen LogP contribution in [-0.2, 0) is 11.2 Å². The van der Waals surface area contributed by atoms with Crippen molar-refractivity contribution in [2.24, 2.45) is 0 Å². The Kier molecular flexibility index (Phi) is 3.66. The molecular weight excluding hydrogens is 254 g/mol. The van der Waals surface area contributed by atoms with Gasteiger partial charge in [0.05, 0.1) is 6.10 Å². The topological polar surface area (TPSA) is 49.8 Å². The Bertz CT molecular complexity index is 510. The number of likely N-dealkylation sites (N-methyl/N-ethyl adjacent to an activating group) is 1. The van der Waals surface area contributed by atoms with Gasteiger partial charge in [-0.3, -0.25) is 4.79 Å². The number of hydrogen-bond donors (Lipinski definition) is 1. The molecule has 108 valence electrons. The lowest BCUT2D eigenvalue weighted by Gasteiger charge is -2.24. The Morgan fingerprint density at radius 2 is 2.20 bits per heavy atom. The van der Waals surface area contributed by atoms with Crippen LogP contribution in [0.5, 0.6) is 5.75 Å². The maximum atomic E-state index is 12.0.